The van der Waals surface area contributed by atoms with Crippen LogP contribution in [0.4, 0.5) is 0 Å². The summed E-state index contributed by atoms with van der Waals surface area (Å²) in [5.74, 6) is -0.491. The molecule has 0 radical (unpaired) electrons. The first-order valence-electron chi connectivity index (χ1n) is 7.76. The molecule has 2 rings (SSSR count). The van der Waals surface area contributed by atoms with E-state index in [1.807, 2.05) is 26.0 Å². The fourth-order valence-corrected chi connectivity index (χ4v) is 1.78. The van der Waals surface area contributed by atoms with Crippen molar-refractivity contribution >= 4 is 17.9 Å². The van der Waals surface area contributed by atoms with E-state index in [1.165, 1.54) is 6.08 Å². The second-order valence-electron chi connectivity index (χ2n) is 5.46. The van der Waals surface area contributed by atoms with Gasteiger partial charge in [0.25, 0.3) is 0 Å². The number of carbonyl (C=O) groups excluding carboxylic acids is 2. The zero-order chi connectivity index (χ0) is 18.7. The maximum Gasteiger partial charge on any atom is 0.248 e. The molecule has 3 N–H and O–H groups in total. The van der Waals surface area contributed by atoms with Gasteiger partial charge in [-0.05, 0) is 49.8 Å². The fourth-order valence-electron chi connectivity index (χ4n) is 1.78. The molecule has 5 nitrogen and oxygen atoms in total. The maximum absolute atomic E-state index is 11.3. The van der Waals surface area contributed by atoms with Gasteiger partial charge in [0, 0.05) is 17.7 Å². The number of nitrogens with zero attached hydrogens (tertiary/aromatic N) is 1. The lowest BCUT2D eigenvalue weighted by Gasteiger charge is -2.03. The zero-order valence-electron chi connectivity index (χ0n) is 14.3. The molecular weight excluding hydrogens is 314 g/mol. The lowest BCUT2D eigenvalue weighted by molar-refractivity contribution is -0.116. The van der Waals surface area contributed by atoms with Gasteiger partial charge in [-0.25, -0.2) is 0 Å². The second-order valence-corrected chi connectivity index (χ2v) is 5.46. The molecule has 25 heavy (non-hydrogen) atoms. The number of primary amides is 1. The van der Waals surface area contributed by atoms with Gasteiger partial charge in [-0.1, -0.05) is 30.3 Å². The molecule has 0 unspecified atom stereocenters. The number of hydrogen-bond donors (Lipinski definition) is 2. The Hall–Kier alpha value is -3.39. The van der Waals surface area contributed by atoms with Crippen molar-refractivity contribution in [1.82, 2.24) is 5.32 Å². The van der Waals surface area contributed by atoms with E-state index in [0.29, 0.717) is 11.1 Å². The molecule has 0 aliphatic rings. The molecule has 0 aliphatic carbocycles. The summed E-state index contributed by atoms with van der Waals surface area (Å²) >= 11 is 0. The molecule has 0 saturated heterocycles. The summed E-state index contributed by atoms with van der Waals surface area (Å²) in [6, 6.07) is 18.0. The largest absolute Gasteiger partial charge is 0.366 e. The van der Waals surface area contributed by atoms with Crippen LogP contribution in [0.3, 0.4) is 0 Å². The van der Waals surface area contributed by atoms with Crippen molar-refractivity contribution in [1.29, 1.82) is 5.26 Å². The Morgan fingerprint density at radius 3 is 2.12 bits per heavy atom. The molecule has 0 aromatic heterocycles. The number of hydrogen-bond acceptors (Lipinski definition) is 3. The Balaban J connectivity index is 0.000000293. The van der Waals surface area contributed by atoms with Crippen LogP contribution in [0, 0.1) is 11.3 Å². The Labute approximate surface area is 147 Å². The summed E-state index contributed by atoms with van der Waals surface area (Å²) < 4.78 is 0. The minimum atomic E-state index is -0.379. The molecule has 0 aliphatic heterocycles. The molecule has 0 saturated carbocycles. The third-order valence-electron chi connectivity index (χ3n) is 2.96. The zero-order valence-corrected chi connectivity index (χ0v) is 14.3. The number of nitrogens with one attached hydrogen (secondary N) is 1. The summed E-state index contributed by atoms with van der Waals surface area (Å²) in [5.41, 5.74) is 7.04. The average molecular weight is 335 g/mol. The van der Waals surface area contributed by atoms with Crippen molar-refractivity contribution in [3.05, 3.63) is 77.4 Å². The highest BCUT2D eigenvalue weighted by Crippen LogP contribution is 2.04. The minimum Gasteiger partial charge on any atom is -0.366 e. The Kier molecular flexibility index (Phi) is 8.17. The number of carbonyl (C=O) groups is 2. The van der Waals surface area contributed by atoms with Crippen molar-refractivity contribution in [2.45, 2.75) is 19.9 Å². The Morgan fingerprint density at radius 2 is 1.68 bits per heavy atom. The predicted molar refractivity (Wildman–Crippen MR) is 98.4 cm³/mol. The molecule has 0 atom stereocenters. The van der Waals surface area contributed by atoms with Gasteiger partial charge in [-0.2, -0.15) is 5.26 Å². The van der Waals surface area contributed by atoms with Gasteiger partial charge in [-0.3, -0.25) is 9.59 Å². The van der Waals surface area contributed by atoms with Crippen LogP contribution in [0.5, 0.6) is 0 Å². The second kappa shape index (κ2) is 10.4. The SMILES string of the molecule is CC(C)NC(=O)C=Cc1ccc(C#N)cc1.NC(=O)c1ccccc1. The van der Waals surface area contributed by atoms with Crippen LogP contribution in [0.2, 0.25) is 0 Å². The van der Waals surface area contributed by atoms with Gasteiger partial charge in [0.15, 0.2) is 0 Å². The van der Waals surface area contributed by atoms with Gasteiger partial charge in [-0.15, -0.1) is 0 Å². The van der Waals surface area contributed by atoms with Gasteiger partial charge in [0.1, 0.15) is 0 Å². The van der Waals surface area contributed by atoms with Crippen LogP contribution >= 0.6 is 0 Å². The number of nitriles is 1. The van der Waals surface area contributed by atoms with E-state index < -0.39 is 0 Å². The van der Waals surface area contributed by atoms with Crippen LogP contribution in [0.15, 0.2) is 60.7 Å². The quantitative estimate of drug-likeness (QED) is 0.841. The van der Waals surface area contributed by atoms with Crippen LogP contribution in [0.25, 0.3) is 6.08 Å². The van der Waals surface area contributed by atoms with Crippen LogP contribution < -0.4 is 11.1 Å². The van der Waals surface area contributed by atoms with Gasteiger partial charge >= 0.3 is 0 Å². The highest BCUT2D eigenvalue weighted by atomic mass is 16.1. The van der Waals surface area contributed by atoms with Gasteiger partial charge < -0.3 is 11.1 Å². The number of amides is 2. The van der Waals surface area contributed by atoms with Crippen molar-refractivity contribution in [3.8, 4) is 6.07 Å². The Bertz CT molecular complexity index is 758. The lowest BCUT2D eigenvalue weighted by Crippen LogP contribution is -2.28. The third kappa shape index (κ3) is 8.14. The van der Waals surface area contributed by atoms with Crippen molar-refractivity contribution in [2.75, 3.05) is 0 Å². The molecular formula is C20H21N3O2. The van der Waals surface area contributed by atoms with Crippen molar-refractivity contribution < 1.29 is 9.59 Å². The first-order chi connectivity index (χ1) is 11.9. The summed E-state index contributed by atoms with van der Waals surface area (Å²) in [6.45, 7) is 3.82. The number of rotatable bonds is 4. The summed E-state index contributed by atoms with van der Waals surface area (Å²) in [4.78, 5) is 21.7. The highest BCUT2D eigenvalue weighted by molar-refractivity contribution is 5.92. The smallest absolute Gasteiger partial charge is 0.248 e. The van der Waals surface area contributed by atoms with E-state index in [1.54, 1.807) is 54.6 Å². The fraction of sp³-hybridized carbons (Fsp3) is 0.150. The van der Waals surface area contributed by atoms with E-state index in [2.05, 4.69) is 5.32 Å². The van der Waals surface area contributed by atoms with E-state index >= 15 is 0 Å². The number of benzene rings is 2. The lowest BCUT2D eigenvalue weighted by atomic mass is 10.1. The first-order valence-corrected chi connectivity index (χ1v) is 7.76. The normalized spacial score (nSPS) is 9.84. The third-order valence-corrected chi connectivity index (χ3v) is 2.96. The molecule has 0 bridgehead atoms. The van der Waals surface area contributed by atoms with Crippen molar-refractivity contribution in [2.24, 2.45) is 5.73 Å². The van der Waals surface area contributed by atoms with E-state index in [9.17, 15) is 9.59 Å². The Morgan fingerprint density at radius 1 is 1.08 bits per heavy atom. The van der Waals surface area contributed by atoms with Crippen molar-refractivity contribution in [3.63, 3.8) is 0 Å². The predicted octanol–water partition coefficient (Wildman–Crippen LogP) is 2.88. The molecule has 128 valence electrons. The van der Waals surface area contributed by atoms with E-state index in [0.717, 1.165) is 5.56 Å². The van der Waals surface area contributed by atoms with Crippen LogP contribution in [0.1, 0.15) is 35.3 Å². The molecule has 0 spiro atoms. The monoisotopic (exact) mass is 335 g/mol. The maximum atomic E-state index is 11.3. The average Bonchev–Trinajstić information content (AvgIpc) is 2.61. The summed E-state index contributed by atoms with van der Waals surface area (Å²) in [5, 5.41) is 11.4. The summed E-state index contributed by atoms with van der Waals surface area (Å²) in [6.07, 6.45) is 3.21. The van der Waals surface area contributed by atoms with E-state index in [4.69, 9.17) is 11.0 Å². The van der Waals surface area contributed by atoms with Gasteiger partial charge in [0.2, 0.25) is 11.8 Å². The molecule has 2 amide bonds. The molecule has 2 aromatic rings. The molecule has 5 heteroatoms. The van der Waals surface area contributed by atoms with Crippen LogP contribution in [-0.4, -0.2) is 17.9 Å². The number of nitrogens with two attached hydrogens (primary N) is 1. The molecule has 0 fully saturated rings. The highest BCUT2D eigenvalue weighted by Gasteiger charge is 1.97. The summed E-state index contributed by atoms with van der Waals surface area (Å²) in [7, 11) is 0. The topological polar surface area (TPSA) is 96.0 Å². The van der Waals surface area contributed by atoms with Crippen LogP contribution in [-0.2, 0) is 4.79 Å². The molecule has 0 heterocycles. The van der Waals surface area contributed by atoms with Gasteiger partial charge in [0.05, 0.1) is 11.6 Å². The minimum absolute atomic E-state index is 0.112. The standard InChI is InChI=1S/C13H14N2O.C7H7NO/c1-10(2)15-13(16)8-7-11-3-5-12(9-14)6-4-11;8-7(9)6-4-2-1-3-5-6/h3-8,10H,1-2H3,(H,15,16);1-5H,(H2,8,9). The molecule has 2 aromatic carbocycles. The first kappa shape index (κ1) is 19.7. The van der Waals surface area contributed by atoms with E-state index in [-0.39, 0.29) is 17.9 Å².